The second kappa shape index (κ2) is 7.67. The molecule has 1 aliphatic rings. The molecule has 0 bridgehead atoms. The van der Waals surface area contributed by atoms with Gasteiger partial charge in [0, 0.05) is 6.54 Å². The van der Waals surface area contributed by atoms with Gasteiger partial charge in [-0.25, -0.2) is 0 Å². The third-order valence-electron chi connectivity index (χ3n) is 5.09. The second-order valence-corrected chi connectivity index (χ2v) is 8.18. The third kappa shape index (κ3) is 6.29. The van der Waals surface area contributed by atoms with E-state index in [1.165, 1.54) is 64.3 Å². The quantitative estimate of drug-likeness (QED) is 0.651. The molecule has 1 aliphatic carbocycles. The number of hydrogen-bond acceptors (Lipinski definition) is 1. The Balaban J connectivity index is 2.46. The summed E-state index contributed by atoms with van der Waals surface area (Å²) >= 11 is 0. The van der Waals surface area contributed by atoms with Crippen LogP contribution in [0.2, 0.25) is 0 Å². The van der Waals surface area contributed by atoms with E-state index >= 15 is 0 Å². The van der Waals surface area contributed by atoms with Gasteiger partial charge in [-0.05, 0) is 62.3 Å². The molecule has 1 fully saturated rings. The molecule has 1 N–H and O–H groups in total. The molecule has 19 heavy (non-hydrogen) atoms. The first-order valence-corrected chi connectivity index (χ1v) is 8.55. The maximum Gasteiger partial charge on any atom is 0.000481 e. The van der Waals surface area contributed by atoms with Crippen molar-refractivity contribution in [1.29, 1.82) is 0 Å². The zero-order valence-corrected chi connectivity index (χ0v) is 14.1. The molecule has 0 amide bonds. The fourth-order valence-electron chi connectivity index (χ4n) is 3.60. The van der Waals surface area contributed by atoms with Gasteiger partial charge < -0.3 is 5.32 Å². The largest absolute Gasteiger partial charge is 0.319 e. The molecule has 0 aromatic rings. The summed E-state index contributed by atoms with van der Waals surface area (Å²) < 4.78 is 0. The molecule has 0 spiro atoms. The van der Waals surface area contributed by atoms with Crippen molar-refractivity contribution < 1.29 is 0 Å². The minimum Gasteiger partial charge on any atom is -0.319 e. The molecule has 0 atom stereocenters. The van der Waals surface area contributed by atoms with Gasteiger partial charge in [0.1, 0.15) is 0 Å². The minimum absolute atomic E-state index is 0.486. The van der Waals surface area contributed by atoms with Crippen molar-refractivity contribution in [2.24, 2.45) is 16.7 Å². The summed E-state index contributed by atoms with van der Waals surface area (Å²) in [7, 11) is 2.13. The van der Waals surface area contributed by atoms with Crippen molar-refractivity contribution in [3.63, 3.8) is 0 Å². The summed E-state index contributed by atoms with van der Waals surface area (Å²) in [6.45, 7) is 10.7. The molecule has 0 aliphatic heterocycles. The monoisotopic (exact) mass is 267 g/mol. The summed E-state index contributed by atoms with van der Waals surface area (Å²) in [5.41, 5.74) is 1.09. The molecule has 1 nitrogen and oxygen atoms in total. The lowest BCUT2D eigenvalue weighted by Gasteiger charge is -2.42. The molecular weight excluding hydrogens is 230 g/mol. The predicted octanol–water partition coefficient (Wildman–Crippen LogP) is 5.40. The molecule has 0 radical (unpaired) electrons. The maximum absolute atomic E-state index is 3.47. The zero-order chi connectivity index (χ0) is 14.4. The van der Waals surface area contributed by atoms with Gasteiger partial charge in [-0.3, -0.25) is 0 Å². The van der Waals surface area contributed by atoms with E-state index in [0.29, 0.717) is 10.8 Å². The highest BCUT2D eigenvalue weighted by Crippen LogP contribution is 2.45. The minimum atomic E-state index is 0.486. The molecule has 0 unspecified atom stereocenters. The topological polar surface area (TPSA) is 12.0 Å². The van der Waals surface area contributed by atoms with Crippen LogP contribution in [-0.4, -0.2) is 13.6 Å². The van der Waals surface area contributed by atoms with Crippen LogP contribution in [0, 0.1) is 16.7 Å². The van der Waals surface area contributed by atoms with Crippen LogP contribution in [-0.2, 0) is 0 Å². The first-order valence-electron chi connectivity index (χ1n) is 8.55. The number of unbranched alkanes of at least 4 members (excludes halogenated alkanes) is 1. The average molecular weight is 268 g/mol. The van der Waals surface area contributed by atoms with Crippen molar-refractivity contribution in [2.75, 3.05) is 13.6 Å². The highest BCUT2D eigenvalue weighted by atomic mass is 14.8. The molecule has 114 valence electrons. The molecule has 1 rings (SSSR count). The lowest BCUT2D eigenvalue weighted by Crippen LogP contribution is -2.37. The fraction of sp³-hybridized carbons (Fsp3) is 1.00. The lowest BCUT2D eigenvalue weighted by atomic mass is 9.65. The first-order chi connectivity index (χ1) is 8.91. The Bertz CT molecular complexity index is 231. The van der Waals surface area contributed by atoms with E-state index in [4.69, 9.17) is 0 Å². The van der Waals surface area contributed by atoms with E-state index in [-0.39, 0.29) is 0 Å². The van der Waals surface area contributed by atoms with E-state index in [0.717, 1.165) is 5.92 Å². The Morgan fingerprint density at radius 1 is 1.16 bits per heavy atom. The van der Waals surface area contributed by atoms with Gasteiger partial charge >= 0.3 is 0 Å². The van der Waals surface area contributed by atoms with Crippen molar-refractivity contribution in [3.8, 4) is 0 Å². The molecule has 0 aromatic heterocycles. The van der Waals surface area contributed by atoms with E-state index in [1.54, 1.807) is 0 Å². The standard InChI is InChI=1S/C18H37N/c1-6-7-8-16-9-11-18(12-10-16,15-19-5)14-13-17(2,3)4/h16,19H,6-15H2,1-5H3. The highest BCUT2D eigenvalue weighted by molar-refractivity contribution is 4.88. The van der Waals surface area contributed by atoms with Crippen molar-refractivity contribution in [2.45, 2.75) is 85.5 Å². The lowest BCUT2D eigenvalue weighted by molar-refractivity contribution is 0.113. The summed E-state index contributed by atoms with van der Waals surface area (Å²) in [5, 5.41) is 3.47. The van der Waals surface area contributed by atoms with Crippen molar-refractivity contribution >= 4 is 0 Å². The van der Waals surface area contributed by atoms with Crippen LogP contribution in [0.15, 0.2) is 0 Å². The second-order valence-electron chi connectivity index (χ2n) is 8.18. The van der Waals surface area contributed by atoms with Gasteiger partial charge in [0.05, 0.1) is 0 Å². The van der Waals surface area contributed by atoms with E-state index in [1.807, 2.05) is 0 Å². The number of rotatable bonds is 7. The van der Waals surface area contributed by atoms with Gasteiger partial charge in [-0.2, -0.15) is 0 Å². The third-order valence-corrected chi connectivity index (χ3v) is 5.09. The Labute approximate surface area is 121 Å². The van der Waals surface area contributed by atoms with Crippen LogP contribution < -0.4 is 5.32 Å². The maximum atomic E-state index is 3.47. The Hall–Kier alpha value is -0.0400. The van der Waals surface area contributed by atoms with Crippen LogP contribution in [0.1, 0.15) is 85.5 Å². The zero-order valence-electron chi connectivity index (χ0n) is 14.1. The molecule has 1 heteroatoms. The van der Waals surface area contributed by atoms with Gasteiger partial charge in [-0.15, -0.1) is 0 Å². The van der Waals surface area contributed by atoms with Crippen LogP contribution in [0.4, 0.5) is 0 Å². The summed E-state index contributed by atoms with van der Waals surface area (Å²) in [6.07, 6.45) is 12.9. The predicted molar refractivity (Wildman–Crippen MR) is 86.5 cm³/mol. The SMILES string of the molecule is CCCCC1CCC(CCC(C)(C)C)(CNC)CC1. The summed E-state index contributed by atoms with van der Waals surface area (Å²) in [6, 6.07) is 0. The van der Waals surface area contributed by atoms with Crippen molar-refractivity contribution in [1.82, 2.24) is 5.32 Å². The molecule has 0 aromatic carbocycles. The normalized spacial score (nSPS) is 28.6. The summed E-state index contributed by atoms with van der Waals surface area (Å²) in [5.74, 6) is 1.03. The van der Waals surface area contributed by atoms with Gasteiger partial charge in [0.25, 0.3) is 0 Å². The molecule has 0 saturated heterocycles. The van der Waals surface area contributed by atoms with E-state index < -0.39 is 0 Å². The smallest absolute Gasteiger partial charge is 0.000481 e. The molecular formula is C18H37N. The fourth-order valence-corrected chi connectivity index (χ4v) is 3.60. The van der Waals surface area contributed by atoms with Gasteiger partial charge in [-0.1, -0.05) is 47.0 Å². The van der Waals surface area contributed by atoms with Gasteiger partial charge in [0.15, 0.2) is 0 Å². The number of hydrogen-bond donors (Lipinski definition) is 1. The molecule has 1 saturated carbocycles. The van der Waals surface area contributed by atoms with Crippen LogP contribution >= 0.6 is 0 Å². The van der Waals surface area contributed by atoms with Crippen LogP contribution in [0.5, 0.6) is 0 Å². The summed E-state index contributed by atoms with van der Waals surface area (Å²) in [4.78, 5) is 0. The average Bonchev–Trinajstić information content (AvgIpc) is 2.36. The number of nitrogens with one attached hydrogen (secondary N) is 1. The first kappa shape index (κ1) is 17.0. The van der Waals surface area contributed by atoms with Crippen LogP contribution in [0.3, 0.4) is 0 Å². The Morgan fingerprint density at radius 3 is 2.26 bits per heavy atom. The Morgan fingerprint density at radius 2 is 1.79 bits per heavy atom. The van der Waals surface area contributed by atoms with E-state index in [2.05, 4.69) is 40.1 Å². The highest BCUT2D eigenvalue weighted by Gasteiger charge is 2.35. The van der Waals surface area contributed by atoms with Crippen LogP contribution in [0.25, 0.3) is 0 Å². The van der Waals surface area contributed by atoms with Gasteiger partial charge in [0.2, 0.25) is 0 Å². The Kier molecular flexibility index (Phi) is 6.86. The molecule has 0 heterocycles. The van der Waals surface area contributed by atoms with Crippen molar-refractivity contribution in [3.05, 3.63) is 0 Å². The van der Waals surface area contributed by atoms with E-state index in [9.17, 15) is 0 Å².